The van der Waals surface area contributed by atoms with E-state index in [1.54, 1.807) is 4.34 Å². The van der Waals surface area contributed by atoms with Gasteiger partial charge in [0.05, 0.1) is 18.2 Å². The molecule has 5 nitrogen and oxygen atoms in total. The molecule has 0 aliphatic carbocycles. The van der Waals surface area contributed by atoms with Gasteiger partial charge in [-0.15, -0.1) is 0 Å². The highest BCUT2D eigenvalue weighted by molar-refractivity contribution is 7.52. The third kappa shape index (κ3) is 4.37. The van der Waals surface area contributed by atoms with E-state index in [4.69, 9.17) is 20.6 Å². The molecule has 2 unspecified atom stereocenters. The Bertz CT molecular complexity index is 1100. The molecule has 0 amide bonds. The van der Waals surface area contributed by atoms with Crippen molar-refractivity contribution in [2.75, 3.05) is 27.2 Å². The number of benzene rings is 2. The highest BCUT2D eigenvalue weighted by Crippen LogP contribution is 2.58. The molecule has 1 aliphatic heterocycles. The molecule has 30 heavy (non-hydrogen) atoms. The van der Waals surface area contributed by atoms with Crippen molar-refractivity contribution >= 4 is 30.3 Å². The van der Waals surface area contributed by atoms with Gasteiger partial charge < -0.3 is 4.90 Å². The van der Waals surface area contributed by atoms with Gasteiger partial charge in [-0.3, -0.25) is 13.4 Å². The smallest absolute Gasteiger partial charge is 0.309 e. The minimum Gasteiger partial charge on any atom is -0.309 e. The van der Waals surface area contributed by atoms with E-state index < -0.39 is 7.75 Å². The molecule has 4 rings (SSSR count). The van der Waals surface area contributed by atoms with E-state index in [1.165, 1.54) is 5.56 Å². The Labute approximate surface area is 183 Å². The Hall–Kier alpha value is -1.62. The number of likely N-dealkylation sites (N-methyl/N-ethyl adjacent to an activating group) is 1. The zero-order valence-electron chi connectivity index (χ0n) is 17.9. The maximum atomic E-state index is 13.9. The van der Waals surface area contributed by atoms with Gasteiger partial charge in [0, 0.05) is 29.6 Å². The third-order valence-electron chi connectivity index (χ3n) is 5.45. The fraction of sp³-hybridized carbons (Fsp3) is 0.391. The van der Waals surface area contributed by atoms with Gasteiger partial charge in [-0.1, -0.05) is 29.3 Å². The molecule has 2 aromatic carbocycles. The van der Waals surface area contributed by atoms with E-state index in [-0.39, 0.29) is 6.10 Å². The van der Waals surface area contributed by atoms with Crippen LogP contribution >= 0.6 is 19.3 Å². The van der Waals surface area contributed by atoms with Crippen LogP contribution in [0.3, 0.4) is 0 Å². The number of rotatable bonds is 5. The number of fused-ring (bicyclic) bond motifs is 1. The van der Waals surface area contributed by atoms with Crippen molar-refractivity contribution in [3.05, 3.63) is 69.9 Å². The number of aromatic nitrogens is 1. The normalized spacial score (nSPS) is 22.1. The monoisotopic (exact) mass is 446 g/mol. The predicted octanol–water partition coefficient (Wildman–Crippen LogP) is 6.15. The van der Waals surface area contributed by atoms with Gasteiger partial charge in [0.15, 0.2) is 0 Å². The molecular formula is C23H28ClN2O3P. The number of halogens is 1. The maximum Gasteiger partial charge on any atom is 0.439 e. The molecule has 7 heteroatoms. The van der Waals surface area contributed by atoms with Crippen LogP contribution < -0.4 is 0 Å². The number of hydrogen-bond donors (Lipinski definition) is 0. The Morgan fingerprint density at radius 2 is 1.97 bits per heavy atom. The van der Waals surface area contributed by atoms with Gasteiger partial charge >= 0.3 is 7.75 Å². The number of nitrogens with zero attached hydrogens (tertiary/aromatic N) is 2. The summed E-state index contributed by atoms with van der Waals surface area (Å²) in [6, 6.07) is 12.0. The van der Waals surface area contributed by atoms with Crippen LogP contribution in [0.4, 0.5) is 0 Å². The van der Waals surface area contributed by atoms with Crippen LogP contribution in [0.2, 0.25) is 5.02 Å². The van der Waals surface area contributed by atoms with Crippen LogP contribution in [0, 0.1) is 13.8 Å². The Morgan fingerprint density at radius 3 is 2.70 bits per heavy atom. The van der Waals surface area contributed by atoms with E-state index in [1.807, 2.05) is 43.5 Å². The molecule has 0 radical (unpaired) electrons. The second kappa shape index (κ2) is 8.49. The van der Waals surface area contributed by atoms with Crippen molar-refractivity contribution in [2.45, 2.75) is 32.8 Å². The molecule has 1 aliphatic rings. The second-order valence-electron chi connectivity index (χ2n) is 8.32. The molecule has 0 bridgehead atoms. The van der Waals surface area contributed by atoms with Gasteiger partial charge in [-0.2, -0.15) is 0 Å². The van der Waals surface area contributed by atoms with Gasteiger partial charge in [0.2, 0.25) is 0 Å². The molecule has 0 spiro atoms. The first-order valence-corrected chi connectivity index (χ1v) is 12.1. The van der Waals surface area contributed by atoms with Gasteiger partial charge in [-0.05, 0) is 75.3 Å². The lowest BCUT2D eigenvalue weighted by molar-refractivity contribution is 0.0771. The van der Waals surface area contributed by atoms with Crippen LogP contribution in [-0.4, -0.2) is 36.5 Å². The first-order valence-electron chi connectivity index (χ1n) is 10.2. The minimum absolute atomic E-state index is 0.324. The molecule has 1 saturated heterocycles. The molecular weight excluding hydrogens is 419 g/mol. The summed E-state index contributed by atoms with van der Waals surface area (Å²) in [4.78, 5) is 2.15. The molecule has 2 heterocycles. The summed E-state index contributed by atoms with van der Waals surface area (Å²) in [5, 5.41) is 1.75. The minimum atomic E-state index is -3.54. The largest absolute Gasteiger partial charge is 0.439 e. The molecule has 1 aromatic heterocycles. The predicted molar refractivity (Wildman–Crippen MR) is 123 cm³/mol. The maximum absolute atomic E-state index is 13.9. The van der Waals surface area contributed by atoms with E-state index in [2.05, 4.69) is 32.0 Å². The standard InChI is InChI=1S/C23H28ClN2O3P/c1-16-5-6-22-21(13-16)18(7-9-25(3)4)15-26(22)30(27)28-10-8-23(29-30)19-11-17(2)12-20(24)14-19/h5-6,11-15,23H,7-10H2,1-4H3. The van der Waals surface area contributed by atoms with Crippen molar-refractivity contribution < 1.29 is 13.6 Å². The third-order valence-corrected chi connectivity index (χ3v) is 7.55. The van der Waals surface area contributed by atoms with Gasteiger partial charge in [0.1, 0.15) is 0 Å². The fourth-order valence-electron chi connectivity index (χ4n) is 3.95. The van der Waals surface area contributed by atoms with E-state index in [0.717, 1.165) is 40.6 Å². The highest BCUT2D eigenvalue weighted by Gasteiger charge is 2.38. The van der Waals surface area contributed by atoms with Crippen molar-refractivity contribution in [1.82, 2.24) is 9.24 Å². The molecule has 3 aromatic rings. The lowest BCUT2D eigenvalue weighted by Crippen LogP contribution is -2.17. The summed E-state index contributed by atoms with van der Waals surface area (Å²) >= 11 is 6.25. The first kappa shape index (κ1) is 21.6. The topological polar surface area (TPSA) is 43.7 Å². The SMILES string of the molecule is Cc1cc(Cl)cc(C2CCOP(=O)(n3cc(CCN(C)C)c4cc(C)ccc43)O2)c1. The lowest BCUT2D eigenvalue weighted by atomic mass is 10.0. The summed E-state index contributed by atoms with van der Waals surface area (Å²) in [5.74, 6) is 0. The molecule has 0 N–H and O–H groups in total. The van der Waals surface area contributed by atoms with E-state index in [9.17, 15) is 4.57 Å². The van der Waals surface area contributed by atoms with Crippen LogP contribution in [0.25, 0.3) is 10.9 Å². The summed E-state index contributed by atoms with van der Waals surface area (Å²) < 4.78 is 27.6. The zero-order chi connectivity index (χ0) is 21.5. The number of aryl methyl sites for hydroxylation is 2. The van der Waals surface area contributed by atoms with E-state index >= 15 is 0 Å². The average Bonchev–Trinajstić information content (AvgIpc) is 3.04. The van der Waals surface area contributed by atoms with Gasteiger partial charge in [-0.25, -0.2) is 4.57 Å². The first-order chi connectivity index (χ1) is 14.2. The summed E-state index contributed by atoms with van der Waals surface area (Å²) in [5.41, 5.74) is 5.17. The fourth-order valence-corrected chi connectivity index (χ4v) is 6.14. The molecule has 160 valence electrons. The molecule has 2 atom stereocenters. The van der Waals surface area contributed by atoms with Crippen LogP contribution in [-0.2, 0) is 20.0 Å². The molecule has 0 saturated carbocycles. The Morgan fingerprint density at radius 1 is 1.17 bits per heavy atom. The Balaban J connectivity index is 1.74. The highest BCUT2D eigenvalue weighted by atomic mass is 35.5. The van der Waals surface area contributed by atoms with Crippen molar-refractivity contribution in [3.63, 3.8) is 0 Å². The summed E-state index contributed by atoms with van der Waals surface area (Å²) in [6.45, 7) is 5.34. The van der Waals surface area contributed by atoms with Crippen molar-refractivity contribution in [3.8, 4) is 0 Å². The van der Waals surface area contributed by atoms with Crippen molar-refractivity contribution in [2.24, 2.45) is 0 Å². The second-order valence-corrected chi connectivity index (χ2v) is 10.6. The quantitative estimate of drug-likeness (QED) is 0.441. The van der Waals surface area contributed by atoms with Crippen molar-refractivity contribution in [1.29, 1.82) is 0 Å². The van der Waals surface area contributed by atoms with Crippen LogP contribution in [0.5, 0.6) is 0 Å². The molecule has 1 fully saturated rings. The average molecular weight is 447 g/mol. The van der Waals surface area contributed by atoms with E-state index in [0.29, 0.717) is 18.1 Å². The lowest BCUT2D eigenvalue weighted by Gasteiger charge is -2.31. The van der Waals surface area contributed by atoms with Crippen LogP contribution in [0.1, 0.15) is 34.8 Å². The number of hydrogen-bond acceptors (Lipinski definition) is 4. The van der Waals surface area contributed by atoms with Crippen LogP contribution in [0.15, 0.2) is 42.6 Å². The summed E-state index contributed by atoms with van der Waals surface area (Å²) in [7, 11) is 0.561. The zero-order valence-corrected chi connectivity index (χ0v) is 19.5. The Kier molecular flexibility index (Phi) is 6.11. The summed E-state index contributed by atoms with van der Waals surface area (Å²) in [6.07, 6.45) is 3.11. The van der Waals surface area contributed by atoms with Gasteiger partial charge in [0.25, 0.3) is 0 Å².